The quantitative estimate of drug-likeness (QED) is 0.816. The zero-order valence-electron chi connectivity index (χ0n) is 10.2. The van der Waals surface area contributed by atoms with Crippen molar-refractivity contribution in [2.45, 2.75) is 13.3 Å². The van der Waals surface area contributed by atoms with Gasteiger partial charge in [0.2, 0.25) is 0 Å². The molecule has 2 aromatic rings. The minimum Gasteiger partial charge on any atom is -0.352 e. The van der Waals surface area contributed by atoms with E-state index < -0.39 is 5.82 Å². The fourth-order valence-corrected chi connectivity index (χ4v) is 2.82. The maximum absolute atomic E-state index is 13.1. The molecule has 0 spiro atoms. The van der Waals surface area contributed by atoms with Crippen molar-refractivity contribution in [3.05, 3.63) is 49.2 Å². The van der Waals surface area contributed by atoms with E-state index in [1.807, 2.05) is 34.9 Å². The van der Waals surface area contributed by atoms with Crippen LogP contribution in [0.2, 0.25) is 0 Å². The Morgan fingerprint density at radius 2 is 2.32 bits per heavy atom. The molecule has 0 aliphatic carbocycles. The molecular formula is C13H12FIN2OS. The Labute approximate surface area is 128 Å². The number of carbonyl (C=O) groups excluding carboxylic acids is 1. The lowest BCUT2D eigenvalue weighted by molar-refractivity contribution is 0.0952. The van der Waals surface area contributed by atoms with Gasteiger partial charge in [0.1, 0.15) is 5.82 Å². The van der Waals surface area contributed by atoms with E-state index in [2.05, 4.69) is 10.3 Å². The number of halogens is 2. The van der Waals surface area contributed by atoms with E-state index in [-0.39, 0.29) is 5.91 Å². The molecule has 0 radical (unpaired) electrons. The van der Waals surface area contributed by atoms with E-state index >= 15 is 0 Å². The van der Waals surface area contributed by atoms with Gasteiger partial charge < -0.3 is 5.32 Å². The highest BCUT2D eigenvalue weighted by atomic mass is 127. The first-order valence-electron chi connectivity index (χ1n) is 5.70. The normalized spacial score (nSPS) is 10.5. The standard InChI is InChI=1S/C13H12FIN2OS/c1-8-17-10(7-19-8)4-5-16-13(18)11-6-9(14)2-3-12(11)15/h2-3,6-7H,4-5H2,1H3,(H,16,18). The molecule has 0 unspecified atom stereocenters. The SMILES string of the molecule is Cc1nc(CCNC(=O)c2cc(F)ccc2I)cs1. The van der Waals surface area contributed by atoms with Crippen LogP contribution >= 0.6 is 33.9 Å². The number of rotatable bonds is 4. The van der Waals surface area contributed by atoms with Gasteiger partial charge in [0, 0.05) is 21.9 Å². The fourth-order valence-electron chi connectivity index (χ4n) is 1.59. The third-order valence-electron chi connectivity index (χ3n) is 2.51. The molecule has 2 rings (SSSR count). The largest absolute Gasteiger partial charge is 0.352 e. The van der Waals surface area contributed by atoms with E-state index in [9.17, 15) is 9.18 Å². The molecule has 3 nitrogen and oxygen atoms in total. The van der Waals surface area contributed by atoms with Crippen molar-refractivity contribution in [3.63, 3.8) is 0 Å². The first-order chi connectivity index (χ1) is 9.06. The maximum atomic E-state index is 13.1. The number of nitrogens with zero attached hydrogens (tertiary/aromatic N) is 1. The van der Waals surface area contributed by atoms with Crippen molar-refractivity contribution < 1.29 is 9.18 Å². The van der Waals surface area contributed by atoms with Crippen LogP contribution in [0.15, 0.2) is 23.6 Å². The molecule has 1 N–H and O–H groups in total. The van der Waals surface area contributed by atoms with Gasteiger partial charge in [-0.1, -0.05) is 0 Å². The fraction of sp³-hybridized carbons (Fsp3) is 0.231. The number of hydrogen-bond donors (Lipinski definition) is 1. The van der Waals surface area contributed by atoms with E-state index in [0.29, 0.717) is 18.5 Å². The van der Waals surface area contributed by atoms with Crippen LogP contribution in [0.25, 0.3) is 0 Å². The third kappa shape index (κ3) is 3.97. The summed E-state index contributed by atoms with van der Waals surface area (Å²) in [5, 5.41) is 5.77. The molecule has 0 bridgehead atoms. The molecular weight excluding hydrogens is 378 g/mol. The highest BCUT2D eigenvalue weighted by Gasteiger charge is 2.10. The highest BCUT2D eigenvalue weighted by molar-refractivity contribution is 14.1. The van der Waals surface area contributed by atoms with Gasteiger partial charge in [-0.25, -0.2) is 9.37 Å². The van der Waals surface area contributed by atoms with Crippen molar-refractivity contribution in [1.29, 1.82) is 0 Å². The Morgan fingerprint density at radius 1 is 1.53 bits per heavy atom. The number of aromatic nitrogens is 1. The van der Waals surface area contributed by atoms with Crippen LogP contribution in [0.4, 0.5) is 4.39 Å². The number of hydrogen-bond acceptors (Lipinski definition) is 3. The van der Waals surface area contributed by atoms with Crippen molar-refractivity contribution in [2.75, 3.05) is 6.54 Å². The van der Waals surface area contributed by atoms with Crippen molar-refractivity contribution in [3.8, 4) is 0 Å². The molecule has 6 heteroatoms. The van der Waals surface area contributed by atoms with Gasteiger partial charge in [0.15, 0.2) is 0 Å². The van der Waals surface area contributed by atoms with Crippen LogP contribution in [-0.4, -0.2) is 17.4 Å². The van der Waals surface area contributed by atoms with Gasteiger partial charge in [-0.3, -0.25) is 4.79 Å². The summed E-state index contributed by atoms with van der Waals surface area (Å²) < 4.78 is 13.8. The molecule has 100 valence electrons. The Morgan fingerprint density at radius 3 is 3.00 bits per heavy atom. The number of nitrogens with one attached hydrogen (secondary N) is 1. The van der Waals surface area contributed by atoms with Crippen LogP contribution in [0.1, 0.15) is 21.1 Å². The average molecular weight is 390 g/mol. The second kappa shape index (κ2) is 6.42. The summed E-state index contributed by atoms with van der Waals surface area (Å²) in [6.45, 7) is 2.44. The monoisotopic (exact) mass is 390 g/mol. The number of benzene rings is 1. The van der Waals surface area contributed by atoms with Gasteiger partial charge in [-0.2, -0.15) is 0 Å². The minimum atomic E-state index is -0.402. The Bertz CT molecular complexity index is 600. The van der Waals surface area contributed by atoms with E-state index in [0.717, 1.165) is 14.3 Å². The number of amides is 1. The van der Waals surface area contributed by atoms with Crippen molar-refractivity contribution >= 4 is 39.8 Å². The summed E-state index contributed by atoms with van der Waals surface area (Å²) >= 11 is 3.61. The highest BCUT2D eigenvalue weighted by Crippen LogP contribution is 2.14. The Hall–Kier alpha value is -1.02. The summed E-state index contributed by atoms with van der Waals surface area (Å²) in [7, 11) is 0. The maximum Gasteiger partial charge on any atom is 0.252 e. The summed E-state index contributed by atoms with van der Waals surface area (Å²) in [6.07, 6.45) is 0.683. The van der Waals surface area contributed by atoms with E-state index in [1.54, 1.807) is 17.4 Å². The van der Waals surface area contributed by atoms with Crippen LogP contribution in [-0.2, 0) is 6.42 Å². The molecule has 19 heavy (non-hydrogen) atoms. The summed E-state index contributed by atoms with van der Waals surface area (Å²) in [5.74, 6) is -0.656. The van der Waals surface area contributed by atoms with E-state index in [1.165, 1.54) is 12.1 Å². The van der Waals surface area contributed by atoms with Crippen LogP contribution in [0.3, 0.4) is 0 Å². The van der Waals surface area contributed by atoms with Crippen LogP contribution in [0.5, 0.6) is 0 Å². The molecule has 0 saturated carbocycles. The van der Waals surface area contributed by atoms with Gasteiger partial charge in [0.05, 0.1) is 16.3 Å². The summed E-state index contributed by atoms with van der Waals surface area (Å²) in [5.41, 5.74) is 1.34. The lowest BCUT2D eigenvalue weighted by Crippen LogP contribution is -2.26. The van der Waals surface area contributed by atoms with Gasteiger partial charge >= 0.3 is 0 Å². The van der Waals surface area contributed by atoms with Gasteiger partial charge in [-0.05, 0) is 47.7 Å². The molecule has 1 heterocycles. The molecule has 0 saturated heterocycles. The molecule has 1 aromatic heterocycles. The van der Waals surface area contributed by atoms with Crippen molar-refractivity contribution in [1.82, 2.24) is 10.3 Å². The summed E-state index contributed by atoms with van der Waals surface area (Å²) in [4.78, 5) is 16.2. The summed E-state index contributed by atoms with van der Waals surface area (Å²) in [6, 6.07) is 4.19. The second-order valence-corrected chi connectivity index (χ2v) is 6.21. The predicted molar refractivity (Wildman–Crippen MR) is 82.0 cm³/mol. The second-order valence-electron chi connectivity index (χ2n) is 3.99. The zero-order chi connectivity index (χ0) is 13.8. The number of aryl methyl sites for hydroxylation is 1. The average Bonchev–Trinajstić information content (AvgIpc) is 2.78. The molecule has 0 fully saturated rings. The van der Waals surface area contributed by atoms with Gasteiger partial charge in [0.25, 0.3) is 5.91 Å². The van der Waals surface area contributed by atoms with Crippen LogP contribution in [0, 0.1) is 16.3 Å². The minimum absolute atomic E-state index is 0.254. The molecule has 0 aliphatic rings. The smallest absolute Gasteiger partial charge is 0.252 e. The van der Waals surface area contributed by atoms with E-state index in [4.69, 9.17) is 0 Å². The molecule has 1 aromatic carbocycles. The molecule has 0 atom stereocenters. The topological polar surface area (TPSA) is 42.0 Å². The first-order valence-corrected chi connectivity index (χ1v) is 7.66. The number of carbonyl (C=O) groups is 1. The Balaban J connectivity index is 1.92. The third-order valence-corrected chi connectivity index (χ3v) is 4.27. The number of thiazole rings is 1. The molecule has 0 aliphatic heterocycles. The van der Waals surface area contributed by atoms with Gasteiger partial charge in [-0.15, -0.1) is 11.3 Å². The molecule has 1 amide bonds. The lowest BCUT2D eigenvalue weighted by Gasteiger charge is -2.06. The van der Waals surface area contributed by atoms with Crippen LogP contribution < -0.4 is 5.32 Å². The Kier molecular flexibility index (Phi) is 4.87. The first kappa shape index (κ1) is 14.4. The lowest BCUT2D eigenvalue weighted by atomic mass is 10.2. The zero-order valence-corrected chi connectivity index (χ0v) is 13.2. The van der Waals surface area contributed by atoms with Crippen molar-refractivity contribution in [2.24, 2.45) is 0 Å². The predicted octanol–water partition coefficient (Wildman–Crippen LogP) is 3.17.